The summed E-state index contributed by atoms with van der Waals surface area (Å²) in [5.74, 6) is 0.927. The minimum Gasteiger partial charge on any atom is -0.493 e. The highest BCUT2D eigenvalue weighted by atomic mass is 35.5. The number of benzene rings is 1. The standard InChI is InChI=1S/C15H19ClO3/c16-12-6-10-3-5-19-15(10)11(7-12)8-13(17)9-14-2-1-4-18-14/h6-7,13-14,17H,1-5,8-9H2. The van der Waals surface area contributed by atoms with Crippen LogP contribution >= 0.6 is 11.6 Å². The maximum absolute atomic E-state index is 10.2. The Hall–Kier alpha value is -0.770. The topological polar surface area (TPSA) is 38.7 Å². The lowest BCUT2D eigenvalue weighted by molar-refractivity contribution is 0.0538. The molecule has 2 unspecified atom stereocenters. The second-order valence-electron chi connectivity index (χ2n) is 5.38. The number of halogens is 1. The van der Waals surface area contributed by atoms with Gasteiger partial charge in [-0.05, 0) is 42.5 Å². The fourth-order valence-electron chi connectivity index (χ4n) is 2.97. The number of hydrogen-bond donors (Lipinski definition) is 1. The Balaban J connectivity index is 1.68. The second-order valence-corrected chi connectivity index (χ2v) is 5.82. The zero-order valence-electron chi connectivity index (χ0n) is 10.9. The molecule has 4 heteroatoms. The molecule has 1 fully saturated rings. The van der Waals surface area contributed by atoms with E-state index in [2.05, 4.69) is 0 Å². The normalized spacial score (nSPS) is 23.2. The fourth-order valence-corrected chi connectivity index (χ4v) is 3.23. The highest BCUT2D eigenvalue weighted by Gasteiger charge is 2.23. The van der Waals surface area contributed by atoms with Crippen LogP contribution < -0.4 is 4.74 Å². The predicted octanol–water partition coefficient (Wildman–Crippen LogP) is 2.75. The maximum atomic E-state index is 10.2. The fraction of sp³-hybridized carbons (Fsp3) is 0.600. The van der Waals surface area contributed by atoms with E-state index in [1.807, 2.05) is 12.1 Å². The summed E-state index contributed by atoms with van der Waals surface area (Å²) in [5.41, 5.74) is 2.18. The summed E-state index contributed by atoms with van der Waals surface area (Å²) in [6, 6.07) is 3.87. The third-order valence-electron chi connectivity index (χ3n) is 3.84. The number of hydrogen-bond acceptors (Lipinski definition) is 3. The van der Waals surface area contributed by atoms with Crippen molar-refractivity contribution in [2.24, 2.45) is 0 Å². The first-order valence-corrected chi connectivity index (χ1v) is 7.34. The molecule has 0 saturated carbocycles. The van der Waals surface area contributed by atoms with Crippen LogP contribution in [0.25, 0.3) is 0 Å². The van der Waals surface area contributed by atoms with Crippen LogP contribution in [0.5, 0.6) is 5.75 Å². The van der Waals surface area contributed by atoms with Crippen molar-refractivity contribution in [3.05, 3.63) is 28.3 Å². The quantitative estimate of drug-likeness (QED) is 0.923. The molecule has 3 nitrogen and oxygen atoms in total. The number of fused-ring (bicyclic) bond motifs is 1. The van der Waals surface area contributed by atoms with Crippen molar-refractivity contribution >= 4 is 11.6 Å². The van der Waals surface area contributed by atoms with Gasteiger partial charge >= 0.3 is 0 Å². The number of ether oxygens (including phenoxy) is 2. The molecular formula is C15H19ClO3. The summed E-state index contributed by atoms with van der Waals surface area (Å²) in [4.78, 5) is 0. The second kappa shape index (κ2) is 5.70. The Morgan fingerprint density at radius 2 is 2.26 bits per heavy atom. The molecule has 19 heavy (non-hydrogen) atoms. The average Bonchev–Trinajstić information content (AvgIpc) is 2.99. The van der Waals surface area contributed by atoms with Crippen molar-refractivity contribution in [2.75, 3.05) is 13.2 Å². The van der Waals surface area contributed by atoms with Crippen LogP contribution in [0.1, 0.15) is 30.4 Å². The molecule has 2 aliphatic heterocycles. The van der Waals surface area contributed by atoms with Gasteiger partial charge in [0.2, 0.25) is 0 Å². The average molecular weight is 283 g/mol. The zero-order valence-corrected chi connectivity index (χ0v) is 11.7. The van der Waals surface area contributed by atoms with E-state index >= 15 is 0 Å². The predicted molar refractivity (Wildman–Crippen MR) is 74.0 cm³/mol. The van der Waals surface area contributed by atoms with E-state index in [1.54, 1.807) is 0 Å². The molecule has 1 aromatic rings. The van der Waals surface area contributed by atoms with Gasteiger partial charge in [0.05, 0.1) is 18.8 Å². The first kappa shape index (κ1) is 13.2. The molecule has 0 amide bonds. The number of rotatable bonds is 4. The Bertz CT molecular complexity index is 455. The summed E-state index contributed by atoms with van der Waals surface area (Å²) in [6.45, 7) is 1.54. The molecule has 0 bridgehead atoms. The van der Waals surface area contributed by atoms with Gasteiger partial charge in [-0.3, -0.25) is 0 Å². The number of aliphatic hydroxyl groups excluding tert-OH is 1. The Morgan fingerprint density at radius 3 is 3.05 bits per heavy atom. The summed E-state index contributed by atoms with van der Waals surface area (Å²) >= 11 is 6.12. The van der Waals surface area contributed by atoms with Crippen LogP contribution in [-0.2, 0) is 17.6 Å². The van der Waals surface area contributed by atoms with Gasteiger partial charge in [0.15, 0.2) is 0 Å². The van der Waals surface area contributed by atoms with Crippen molar-refractivity contribution in [1.82, 2.24) is 0 Å². The van der Waals surface area contributed by atoms with Crippen LogP contribution in [0.2, 0.25) is 5.02 Å². The van der Waals surface area contributed by atoms with Crippen LogP contribution in [0.15, 0.2) is 12.1 Å². The van der Waals surface area contributed by atoms with Crippen LogP contribution in [0.3, 0.4) is 0 Å². The summed E-state index contributed by atoms with van der Waals surface area (Å²) in [5, 5.41) is 10.9. The third-order valence-corrected chi connectivity index (χ3v) is 4.06. The van der Waals surface area contributed by atoms with E-state index in [1.165, 1.54) is 0 Å². The lowest BCUT2D eigenvalue weighted by Crippen LogP contribution is -2.19. The molecule has 104 valence electrons. The molecular weight excluding hydrogens is 264 g/mol. The third kappa shape index (κ3) is 3.04. The van der Waals surface area contributed by atoms with Gasteiger partial charge < -0.3 is 14.6 Å². The molecule has 2 heterocycles. The van der Waals surface area contributed by atoms with Crippen LogP contribution in [0, 0.1) is 0 Å². The van der Waals surface area contributed by atoms with E-state index in [-0.39, 0.29) is 6.10 Å². The van der Waals surface area contributed by atoms with Gasteiger partial charge in [-0.15, -0.1) is 0 Å². The zero-order chi connectivity index (χ0) is 13.2. The number of aliphatic hydroxyl groups is 1. The largest absolute Gasteiger partial charge is 0.493 e. The molecule has 2 aliphatic rings. The maximum Gasteiger partial charge on any atom is 0.126 e. The van der Waals surface area contributed by atoms with Crippen molar-refractivity contribution < 1.29 is 14.6 Å². The summed E-state index contributed by atoms with van der Waals surface area (Å²) in [6.07, 6.45) is 4.17. The summed E-state index contributed by atoms with van der Waals surface area (Å²) in [7, 11) is 0. The molecule has 3 rings (SSSR count). The Kier molecular flexibility index (Phi) is 3.96. The molecule has 0 aliphatic carbocycles. The van der Waals surface area contributed by atoms with Crippen molar-refractivity contribution in [1.29, 1.82) is 0 Å². The van der Waals surface area contributed by atoms with Crippen molar-refractivity contribution in [3.63, 3.8) is 0 Å². The molecule has 0 radical (unpaired) electrons. The van der Waals surface area contributed by atoms with Gasteiger partial charge in [-0.1, -0.05) is 11.6 Å². The van der Waals surface area contributed by atoms with Gasteiger partial charge in [0, 0.05) is 24.5 Å². The van der Waals surface area contributed by atoms with Gasteiger partial charge in [-0.2, -0.15) is 0 Å². The van der Waals surface area contributed by atoms with Crippen molar-refractivity contribution in [3.8, 4) is 5.75 Å². The molecule has 1 N–H and O–H groups in total. The van der Waals surface area contributed by atoms with E-state index in [0.717, 1.165) is 47.8 Å². The molecule has 0 aromatic heterocycles. The first-order chi connectivity index (χ1) is 9.22. The summed E-state index contributed by atoms with van der Waals surface area (Å²) < 4.78 is 11.2. The van der Waals surface area contributed by atoms with Gasteiger partial charge in [0.1, 0.15) is 5.75 Å². The molecule has 1 aromatic carbocycles. The Morgan fingerprint density at radius 1 is 1.37 bits per heavy atom. The lowest BCUT2D eigenvalue weighted by atomic mass is 9.99. The molecule has 2 atom stereocenters. The molecule has 1 saturated heterocycles. The lowest BCUT2D eigenvalue weighted by Gasteiger charge is -2.17. The minimum atomic E-state index is -0.394. The van der Waals surface area contributed by atoms with E-state index in [0.29, 0.717) is 19.4 Å². The van der Waals surface area contributed by atoms with Crippen molar-refractivity contribution in [2.45, 2.75) is 44.3 Å². The first-order valence-electron chi connectivity index (χ1n) is 6.96. The van der Waals surface area contributed by atoms with Crippen LogP contribution in [-0.4, -0.2) is 30.5 Å². The monoisotopic (exact) mass is 282 g/mol. The highest BCUT2D eigenvalue weighted by Crippen LogP contribution is 2.34. The van der Waals surface area contributed by atoms with Gasteiger partial charge in [-0.25, -0.2) is 0 Å². The SMILES string of the molecule is OC(Cc1cc(Cl)cc2c1OCC2)CC1CCCO1. The van der Waals surface area contributed by atoms with Gasteiger partial charge in [0.25, 0.3) is 0 Å². The minimum absolute atomic E-state index is 0.211. The highest BCUT2D eigenvalue weighted by molar-refractivity contribution is 6.30. The van der Waals surface area contributed by atoms with Crippen LogP contribution in [0.4, 0.5) is 0 Å². The van der Waals surface area contributed by atoms with E-state index < -0.39 is 6.10 Å². The smallest absolute Gasteiger partial charge is 0.126 e. The van der Waals surface area contributed by atoms with E-state index in [4.69, 9.17) is 21.1 Å². The Labute approximate surface area is 118 Å². The molecule has 0 spiro atoms. The van der Waals surface area contributed by atoms with E-state index in [9.17, 15) is 5.11 Å².